The summed E-state index contributed by atoms with van der Waals surface area (Å²) in [5, 5.41) is 8.26. The number of rotatable bonds is 14. The highest BCUT2D eigenvalue weighted by Crippen LogP contribution is 2.25. The molecule has 6 rings (SSSR count). The molecule has 0 unspecified atom stereocenters. The third-order valence-electron chi connectivity index (χ3n) is 9.92. The molecule has 0 aliphatic carbocycles. The minimum absolute atomic E-state index is 0.230. The number of amides is 2. The van der Waals surface area contributed by atoms with Crippen molar-refractivity contribution >= 4 is 35.4 Å². The van der Waals surface area contributed by atoms with Crippen LogP contribution in [0.2, 0.25) is 0 Å². The van der Waals surface area contributed by atoms with Gasteiger partial charge in [-0.15, -0.1) is 0 Å². The molecule has 15 heteroatoms. The number of nitrogens with one attached hydrogen (secondary N) is 4. The molecule has 0 bridgehead atoms. The van der Waals surface area contributed by atoms with Gasteiger partial charge in [-0.25, -0.2) is 10.9 Å². The second kappa shape index (κ2) is 18.6. The Hall–Kier alpha value is -5.64. The van der Waals surface area contributed by atoms with Gasteiger partial charge >= 0.3 is 0 Å². The van der Waals surface area contributed by atoms with Crippen LogP contribution in [0.3, 0.4) is 0 Å². The molecule has 0 aromatic carbocycles. The van der Waals surface area contributed by atoms with Gasteiger partial charge in [0.2, 0.25) is 0 Å². The number of likely N-dealkylation sites (N-methyl/N-ethyl adjacent to an activating group) is 3. The molecule has 0 saturated heterocycles. The maximum atomic E-state index is 12.3. The van der Waals surface area contributed by atoms with Crippen LogP contribution < -0.4 is 10.9 Å². The molecule has 55 heavy (non-hydrogen) atoms. The molecule has 0 fully saturated rings. The summed E-state index contributed by atoms with van der Waals surface area (Å²) in [7, 11) is 6.28. The second-order valence-electron chi connectivity index (χ2n) is 14.0. The van der Waals surface area contributed by atoms with Gasteiger partial charge in [-0.05, 0) is 103 Å². The van der Waals surface area contributed by atoms with Crippen molar-refractivity contribution in [3.8, 4) is 0 Å². The summed E-state index contributed by atoms with van der Waals surface area (Å²) in [6.45, 7) is 18.7. The summed E-state index contributed by atoms with van der Waals surface area (Å²) in [6.07, 6.45) is 14.3. The van der Waals surface area contributed by atoms with Crippen molar-refractivity contribution in [2.24, 2.45) is 10.2 Å². The Bertz CT molecular complexity index is 2090. The van der Waals surface area contributed by atoms with Gasteiger partial charge in [0.1, 0.15) is 22.8 Å². The number of carbonyl (C=O) groups excluding carboxylic acids is 2. The molecule has 4 aromatic rings. The molecule has 2 amide bonds. The number of aromatic nitrogens is 6. The molecule has 2 aliphatic heterocycles. The molecule has 2 aliphatic rings. The van der Waals surface area contributed by atoms with Gasteiger partial charge < -0.3 is 24.7 Å². The van der Waals surface area contributed by atoms with Crippen LogP contribution in [0.5, 0.6) is 0 Å². The molecule has 0 radical (unpaired) electrons. The van der Waals surface area contributed by atoms with Crippen molar-refractivity contribution in [3.63, 3.8) is 0 Å². The third kappa shape index (κ3) is 9.92. The average Bonchev–Trinajstić information content (AvgIpc) is 3.89. The second-order valence-corrected chi connectivity index (χ2v) is 14.0. The highest BCUT2D eigenvalue weighted by Gasteiger charge is 2.27. The van der Waals surface area contributed by atoms with Gasteiger partial charge in [0, 0.05) is 73.7 Å². The molecule has 0 atom stereocenters. The Morgan fingerprint density at radius 3 is 1.60 bits per heavy atom. The monoisotopic (exact) mass is 747 g/mol. The number of carbonyl (C=O) groups is 2. The van der Waals surface area contributed by atoms with Gasteiger partial charge in [-0.1, -0.05) is 13.8 Å². The van der Waals surface area contributed by atoms with E-state index >= 15 is 0 Å². The van der Waals surface area contributed by atoms with Gasteiger partial charge in [-0.2, -0.15) is 10.2 Å². The number of aromatic amines is 2. The first-order valence-electron chi connectivity index (χ1n) is 18.6. The topological polar surface area (TPSA) is 176 Å². The van der Waals surface area contributed by atoms with Crippen LogP contribution in [0.25, 0.3) is 12.2 Å². The summed E-state index contributed by atoms with van der Waals surface area (Å²) in [4.78, 5) is 55.0. The number of hydrazone groups is 2. The molecule has 0 saturated carbocycles. The Kier molecular flexibility index (Phi) is 13.7. The number of aryl methyl sites for hydroxylation is 2. The zero-order valence-corrected chi connectivity index (χ0v) is 33.4. The van der Waals surface area contributed by atoms with E-state index in [1.807, 2.05) is 12.2 Å². The van der Waals surface area contributed by atoms with Crippen LogP contribution in [-0.4, -0.2) is 122 Å². The van der Waals surface area contributed by atoms with E-state index < -0.39 is 0 Å². The van der Waals surface area contributed by atoms with Crippen LogP contribution in [-0.2, 0) is 22.6 Å². The van der Waals surface area contributed by atoms with E-state index in [1.165, 1.54) is 16.7 Å². The Morgan fingerprint density at radius 2 is 1.15 bits per heavy atom. The SMILES string of the molecule is CCN(CC)CCc1c(C)[nH]c(C=C2C(=O)NN=C2c2cnccn2)c1C.Cc1[nH]c(C=C2C(=O)NN=C2c2cnccn2)c(C)c1CN(C)CCN(C)C. The van der Waals surface area contributed by atoms with Gasteiger partial charge in [0.25, 0.3) is 11.8 Å². The Balaban J connectivity index is 0.000000211. The van der Waals surface area contributed by atoms with Crippen molar-refractivity contribution in [3.05, 3.63) is 105 Å². The number of nitrogens with zero attached hydrogens (tertiary/aromatic N) is 9. The van der Waals surface area contributed by atoms with E-state index in [0.717, 1.165) is 74.0 Å². The van der Waals surface area contributed by atoms with Gasteiger partial charge in [0.15, 0.2) is 0 Å². The first kappa shape index (κ1) is 40.5. The predicted molar refractivity (Wildman–Crippen MR) is 216 cm³/mol. The van der Waals surface area contributed by atoms with Crippen molar-refractivity contribution in [1.29, 1.82) is 0 Å². The van der Waals surface area contributed by atoms with Crippen LogP contribution >= 0.6 is 0 Å². The normalized spacial score (nSPS) is 15.6. The van der Waals surface area contributed by atoms with E-state index in [-0.39, 0.29) is 11.8 Å². The maximum Gasteiger partial charge on any atom is 0.273 e. The smallest absolute Gasteiger partial charge is 0.273 e. The van der Waals surface area contributed by atoms with E-state index in [4.69, 9.17) is 0 Å². The molecular weight excluding hydrogens is 695 g/mol. The van der Waals surface area contributed by atoms with Crippen molar-refractivity contribution in [2.75, 3.05) is 53.9 Å². The summed E-state index contributed by atoms with van der Waals surface area (Å²) < 4.78 is 0. The van der Waals surface area contributed by atoms with Crippen LogP contribution in [0.15, 0.2) is 58.5 Å². The summed E-state index contributed by atoms with van der Waals surface area (Å²) in [5.74, 6) is -0.469. The van der Waals surface area contributed by atoms with E-state index in [0.29, 0.717) is 34.0 Å². The summed E-state index contributed by atoms with van der Waals surface area (Å²) in [5.41, 5.74) is 17.2. The van der Waals surface area contributed by atoms with Gasteiger partial charge in [-0.3, -0.25) is 29.5 Å². The first-order valence-corrected chi connectivity index (χ1v) is 18.6. The Morgan fingerprint density at radius 1 is 0.655 bits per heavy atom. The fourth-order valence-electron chi connectivity index (χ4n) is 6.52. The Labute approximate surface area is 323 Å². The van der Waals surface area contributed by atoms with E-state index in [2.05, 4.69) is 128 Å². The largest absolute Gasteiger partial charge is 0.359 e. The lowest BCUT2D eigenvalue weighted by Crippen LogP contribution is -2.28. The number of hydrogen-bond donors (Lipinski definition) is 4. The maximum absolute atomic E-state index is 12.3. The third-order valence-corrected chi connectivity index (χ3v) is 9.92. The molecule has 4 N–H and O–H groups in total. The minimum atomic E-state index is -0.239. The molecular formula is C40H53N13O2. The summed E-state index contributed by atoms with van der Waals surface area (Å²) in [6, 6.07) is 0. The van der Waals surface area contributed by atoms with Crippen molar-refractivity contribution < 1.29 is 9.59 Å². The highest BCUT2D eigenvalue weighted by molar-refractivity contribution is 6.33. The number of H-pyrrole nitrogens is 2. The van der Waals surface area contributed by atoms with Crippen LogP contribution in [0.4, 0.5) is 0 Å². The molecule has 4 aromatic heterocycles. The van der Waals surface area contributed by atoms with E-state index in [9.17, 15) is 9.59 Å². The lowest BCUT2D eigenvalue weighted by atomic mass is 10.0. The predicted octanol–water partition coefficient (Wildman–Crippen LogP) is 3.56. The lowest BCUT2D eigenvalue weighted by molar-refractivity contribution is -0.117. The zero-order chi connectivity index (χ0) is 39.6. The molecule has 0 spiro atoms. The average molecular weight is 748 g/mol. The minimum Gasteiger partial charge on any atom is -0.359 e. The van der Waals surface area contributed by atoms with Crippen molar-refractivity contribution in [2.45, 2.75) is 54.5 Å². The van der Waals surface area contributed by atoms with Crippen molar-refractivity contribution in [1.82, 2.24) is 55.5 Å². The molecule has 15 nitrogen and oxygen atoms in total. The van der Waals surface area contributed by atoms with Gasteiger partial charge in [0.05, 0.1) is 23.5 Å². The van der Waals surface area contributed by atoms with E-state index in [1.54, 1.807) is 37.2 Å². The number of hydrogen-bond acceptors (Lipinski definition) is 11. The standard InChI is InChI=1S/C20H27N7O.C20H26N6O/c1-13-16(12-27(5)9-8-26(3)4)14(2)23-17(13)10-15-19(24-25-20(15)28)18-11-21-6-7-22-18;1-5-26(6-2)10-7-15-13(3)17(23-14(15)4)11-16-19(24-25-20(16)27)18-12-21-8-9-22-18/h6-7,10-11,23H,8-9,12H2,1-5H3,(H,25,28);8-9,11-12,23H,5-7,10H2,1-4H3,(H,25,27). The lowest BCUT2D eigenvalue weighted by Gasteiger charge is -2.19. The quantitative estimate of drug-likeness (QED) is 0.141. The fourth-order valence-corrected chi connectivity index (χ4v) is 6.52. The summed E-state index contributed by atoms with van der Waals surface area (Å²) >= 11 is 0. The highest BCUT2D eigenvalue weighted by atomic mass is 16.2. The van der Waals surface area contributed by atoms with Crippen LogP contribution in [0.1, 0.15) is 70.3 Å². The molecule has 6 heterocycles. The molecule has 290 valence electrons. The fraction of sp³-hybridized carbons (Fsp3) is 0.400. The first-order chi connectivity index (χ1) is 26.4. The van der Waals surface area contributed by atoms with Crippen LogP contribution in [0, 0.1) is 27.7 Å². The zero-order valence-electron chi connectivity index (χ0n) is 33.4.